The number of aryl methyl sites for hydroxylation is 1. The highest BCUT2D eigenvalue weighted by molar-refractivity contribution is 9.10. The molecule has 7 heteroatoms. The molecule has 1 heterocycles. The predicted octanol–water partition coefficient (Wildman–Crippen LogP) is 4.53. The van der Waals surface area contributed by atoms with Gasteiger partial charge in [-0.15, -0.1) is 0 Å². The Bertz CT molecular complexity index is 1040. The molecule has 0 fully saturated rings. The third kappa shape index (κ3) is 2.96. The zero-order valence-corrected chi connectivity index (χ0v) is 16.7. The van der Waals surface area contributed by atoms with E-state index in [1.807, 2.05) is 6.92 Å². The smallest absolute Gasteiger partial charge is 0.268 e. The van der Waals surface area contributed by atoms with E-state index in [4.69, 9.17) is 0 Å². The number of Topliss-reactive ketones (excluding diaryl/α,β-unsaturated/α-hetero) is 1. The first-order chi connectivity index (χ1) is 11.3. The monoisotopic (exact) mass is 469 g/mol. The van der Waals surface area contributed by atoms with Crippen molar-refractivity contribution in [3.05, 3.63) is 64.3 Å². The Balaban J connectivity index is 2.31. The fraction of sp³-hybridized carbons (Fsp3) is 0.118. The van der Waals surface area contributed by atoms with Gasteiger partial charge in [-0.1, -0.05) is 55.6 Å². The minimum absolute atomic E-state index is 0.132. The molecule has 2 aromatic carbocycles. The van der Waals surface area contributed by atoms with Crippen LogP contribution in [0.2, 0.25) is 0 Å². The first-order valence-electron chi connectivity index (χ1n) is 7.06. The molecule has 24 heavy (non-hydrogen) atoms. The molecule has 0 spiro atoms. The van der Waals surface area contributed by atoms with E-state index < -0.39 is 10.0 Å². The molecule has 0 unspecified atom stereocenters. The Labute approximate surface area is 156 Å². The largest absolute Gasteiger partial charge is 0.293 e. The second-order valence-electron chi connectivity index (χ2n) is 5.37. The Kier molecular flexibility index (Phi) is 4.68. The molecule has 0 amide bonds. The lowest BCUT2D eigenvalue weighted by molar-refractivity contribution is 0.102. The normalized spacial score (nSPS) is 11.8. The zero-order chi connectivity index (χ0) is 17.5. The number of carbonyl (C=O) groups excluding carboxylic acids is 1. The van der Waals surface area contributed by atoms with Crippen LogP contribution in [0.15, 0.2) is 58.0 Å². The van der Waals surface area contributed by atoms with Gasteiger partial charge in [-0.3, -0.25) is 4.79 Å². The number of aromatic nitrogens is 1. The highest BCUT2D eigenvalue weighted by atomic mass is 79.9. The number of halogens is 2. The first kappa shape index (κ1) is 17.4. The molecule has 0 atom stereocenters. The fourth-order valence-corrected chi connectivity index (χ4v) is 4.50. The lowest BCUT2D eigenvalue weighted by atomic mass is 10.1. The number of hydrogen-bond donors (Lipinski definition) is 0. The van der Waals surface area contributed by atoms with Crippen LogP contribution in [0.5, 0.6) is 0 Å². The average Bonchev–Trinajstić information content (AvgIpc) is 2.94. The van der Waals surface area contributed by atoms with Crippen LogP contribution in [-0.4, -0.2) is 23.5 Å². The van der Waals surface area contributed by atoms with Crippen molar-refractivity contribution >= 4 is 58.6 Å². The van der Waals surface area contributed by atoms with Crippen LogP contribution >= 0.6 is 31.9 Å². The number of ketones is 1. The van der Waals surface area contributed by atoms with Gasteiger partial charge in [0.05, 0.1) is 15.7 Å². The summed E-state index contributed by atoms with van der Waals surface area (Å²) in [5.41, 5.74) is 1.82. The van der Waals surface area contributed by atoms with Gasteiger partial charge in [0.15, 0.2) is 5.78 Å². The number of alkyl halides is 1. The van der Waals surface area contributed by atoms with Gasteiger partial charge in [0, 0.05) is 21.6 Å². The summed E-state index contributed by atoms with van der Waals surface area (Å²) in [7, 11) is -3.79. The van der Waals surface area contributed by atoms with E-state index in [1.54, 1.807) is 42.5 Å². The van der Waals surface area contributed by atoms with Crippen molar-refractivity contribution in [2.24, 2.45) is 0 Å². The van der Waals surface area contributed by atoms with Gasteiger partial charge in [0.1, 0.15) is 0 Å². The van der Waals surface area contributed by atoms with Gasteiger partial charge < -0.3 is 0 Å². The van der Waals surface area contributed by atoms with E-state index in [1.165, 1.54) is 10.2 Å². The standard InChI is InChI=1S/C17H13Br2NO3S/c1-11-2-5-13(6-3-11)24(22,23)20-10-15(17(21)9-18)14-7-4-12(19)8-16(14)20/h2-8,10H,9H2,1H3. The second kappa shape index (κ2) is 6.46. The quantitative estimate of drug-likeness (QED) is 0.415. The minimum Gasteiger partial charge on any atom is -0.293 e. The number of hydrogen-bond acceptors (Lipinski definition) is 3. The van der Waals surface area contributed by atoms with Crippen LogP contribution in [0.25, 0.3) is 10.9 Å². The van der Waals surface area contributed by atoms with Gasteiger partial charge in [-0.05, 0) is 31.2 Å². The maximum Gasteiger partial charge on any atom is 0.268 e. The minimum atomic E-state index is -3.79. The van der Waals surface area contributed by atoms with Crippen LogP contribution in [-0.2, 0) is 10.0 Å². The summed E-state index contributed by atoms with van der Waals surface area (Å²) >= 11 is 6.51. The molecule has 4 nitrogen and oxygen atoms in total. The van der Waals surface area contributed by atoms with Crippen LogP contribution < -0.4 is 0 Å². The highest BCUT2D eigenvalue weighted by Crippen LogP contribution is 2.29. The van der Waals surface area contributed by atoms with Crippen LogP contribution in [0, 0.1) is 6.92 Å². The summed E-state index contributed by atoms with van der Waals surface area (Å²) in [5.74, 6) is -0.167. The summed E-state index contributed by atoms with van der Waals surface area (Å²) in [6.45, 7) is 1.89. The number of benzene rings is 2. The van der Waals surface area contributed by atoms with Crippen molar-refractivity contribution in [1.29, 1.82) is 0 Å². The molecule has 0 bridgehead atoms. The molecule has 0 N–H and O–H groups in total. The van der Waals surface area contributed by atoms with Crippen molar-refractivity contribution in [2.75, 3.05) is 5.33 Å². The van der Waals surface area contributed by atoms with Gasteiger partial charge in [-0.25, -0.2) is 12.4 Å². The fourth-order valence-electron chi connectivity index (χ4n) is 2.49. The Morgan fingerprint density at radius 1 is 1.12 bits per heavy atom. The highest BCUT2D eigenvalue weighted by Gasteiger charge is 2.23. The lowest BCUT2D eigenvalue weighted by Gasteiger charge is -2.08. The topological polar surface area (TPSA) is 56.1 Å². The number of fused-ring (bicyclic) bond motifs is 1. The SMILES string of the molecule is Cc1ccc(S(=O)(=O)n2cc(C(=O)CBr)c3ccc(Br)cc32)cc1. The molecule has 3 rings (SSSR count). The van der Waals surface area contributed by atoms with Crippen molar-refractivity contribution in [2.45, 2.75) is 11.8 Å². The maximum absolute atomic E-state index is 13.0. The average molecular weight is 471 g/mol. The van der Waals surface area contributed by atoms with Gasteiger partial charge in [0.25, 0.3) is 10.0 Å². The summed E-state index contributed by atoms with van der Waals surface area (Å²) in [4.78, 5) is 12.4. The molecular formula is C17H13Br2NO3S. The molecule has 3 aromatic rings. The third-order valence-electron chi connectivity index (χ3n) is 3.73. The van der Waals surface area contributed by atoms with Gasteiger partial charge in [0.2, 0.25) is 0 Å². The zero-order valence-electron chi connectivity index (χ0n) is 12.7. The van der Waals surface area contributed by atoms with Crippen LogP contribution in [0.4, 0.5) is 0 Å². The summed E-state index contributed by atoms with van der Waals surface area (Å²) < 4.78 is 28.0. The van der Waals surface area contributed by atoms with Crippen molar-refractivity contribution in [3.63, 3.8) is 0 Å². The summed E-state index contributed by atoms with van der Waals surface area (Å²) in [5, 5.41) is 0.741. The van der Waals surface area contributed by atoms with Gasteiger partial charge in [-0.2, -0.15) is 0 Å². The Morgan fingerprint density at radius 3 is 2.42 bits per heavy atom. The second-order valence-corrected chi connectivity index (χ2v) is 8.67. The van der Waals surface area contributed by atoms with E-state index in [-0.39, 0.29) is 16.0 Å². The first-order valence-corrected chi connectivity index (χ1v) is 10.4. The molecule has 0 aliphatic rings. The van der Waals surface area contributed by atoms with E-state index in [2.05, 4.69) is 31.9 Å². The third-order valence-corrected chi connectivity index (χ3v) is 6.42. The van der Waals surface area contributed by atoms with Gasteiger partial charge >= 0.3 is 0 Å². The molecule has 0 saturated heterocycles. The number of rotatable bonds is 4. The van der Waals surface area contributed by atoms with E-state index in [0.717, 1.165) is 10.0 Å². The molecule has 0 saturated carbocycles. The van der Waals surface area contributed by atoms with Crippen LogP contribution in [0.1, 0.15) is 15.9 Å². The number of nitrogens with zero attached hydrogens (tertiary/aromatic N) is 1. The van der Waals surface area contributed by atoms with Crippen molar-refractivity contribution in [3.8, 4) is 0 Å². The van der Waals surface area contributed by atoms with E-state index in [9.17, 15) is 13.2 Å². The Hall–Kier alpha value is -1.44. The molecule has 124 valence electrons. The molecular weight excluding hydrogens is 458 g/mol. The van der Waals surface area contributed by atoms with Crippen LogP contribution in [0.3, 0.4) is 0 Å². The molecule has 0 radical (unpaired) electrons. The molecule has 0 aliphatic heterocycles. The Morgan fingerprint density at radius 2 is 1.79 bits per heavy atom. The van der Waals surface area contributed by atoms with Crippen molar-refractivity contribution < 1.29 is 13.2 Å². The van der Waals surface area contributed by atoms with E-state index in [0.29, 0.717) is 16.5 Å². The summed E-state index contributed by atoms with van der Waals surface area (Å²) in [6, 6.07) is 11.9. The van der Waals surface area contributed by atoms with E-state index >= 15 is 0 Å². The molecule has 0 aliphatic carbocycles. The molecule has 1 aromatic heterocycles. The number of carbonyl (C=O) groups is 1. The predicted molar refractivity (Wildman–Crippen MR) is 102 cm³/mol. The van der Waals surface area contributed by atoms with Crippen molar-refractivity contribution in [1.82, 2.24) is 3.97 Å². The summed E-state index contributed by atoms with van der Waals surface area (Å²) in [6.07, 6.45) is 1.40. The maximum atomic E-state index is 13.0. The lowest BCUT2D eigenvalue weighted by Crippen LogP contribution is -2.12.